The van der Waals surface area contributed by atoms with Gasteiger partial charge < -0.3 is 14.2 Å². The minimum absolute atomic E-state index is 0.322. The molecule has 1 aromatic rings. The van der Waals surface area contributed by atoms with E-state index in [-0.39, 0.29) is 5.69 Å². The van der Waals surface area contributed by atoms with Gasteiger partial charge in [-0.25, -0.2) is 9.59 Å². The summed E-state index contributed by atoms with van der Waals surface area (Å²) in [6, 6.07) is 2.40. The van der Waals surface area contributed by atoms with Gasteiger partial charge in [0.2, 0.25) is 6.10 Å². The highest BCUT2D eigenvalue weighted by Gasteiger charge is 2.28. The zero-order chi connectivity index (χ0) is 19.9. The van der Waals surface area contributed by atoms with Crippen LogP contribution in [0.4, 0.5) is 21.9 Å². The monoisotopic (exact) mass is 371 g/mol. The fraction of sp³-hybridized carbons (Fsp3) is 0.308. The quantitative estimate of drug-likeness (QED) is 0.316. The number of nitrogens with zero attached hydrogens (tertiary/aromatic N) is 2. The summed E-state index contributed by atoms with van der Waals surface area (Å²) >= 11 is 0. The van der Waals surface area contributed by atoms with E-state index in [1.54, 1.807) is 0 Å². The predicted molar refractivity (Wildman–Crippen MR) is 82.3 cm³/mol. The molecule has 140 valence electrons. The van der Waals surface area contributed by atoms with Crippen molar-refractivity contribution < 1.29 is 38.4 Å². The summed E-state index contributed by atoms with van der Waals surface area (Å²) < 4.78 is 13.4. The molecule has 13 nitrogen and oxygen atoms in total. The maximum Gasteiger partial charge on any atom is 0.412 e. The number of rotatable bonds is 7. The van der Waals surface area contributed by atoms with Gasteiger partial charge in [-0.1, -0.05) is 0 Å². The lowest BCUT2D eigenvalue weighted by atomic mass is 10.2. The third-order valence-electron chi connectivity index (χ3n) is 2.86. The molecule has 1 aromatic carbocycles. The molecule has 0 saturated heterocycles. The number of hydrogen-bond donors (Lipinski definition) is 1. The van der Waals surface area contributed by atoms with Gasteiger partial charge in [-0.2, -0.15) is 0 Å². The van der Waals surface area contributed by atoms with Gasteiger partial charge in [0.15, 0.2) is 0 Å². The van der Waals surface area contributed by atoms with Crippen molar-refractivity contribution in [3.05, 3.63) is 38.4 Å². The van der Waals surface area contributed by atoms with Crippen LogP contribution in [-0.2, 0) is 23.8 Å². The topological polar surface area (TPSA) is 177 Å². The zero-order valence-electron chi connectivity index (χ0n) is 13.5. The number of benzene rings is 1. The highest BCUT2D eigenvalue weighted by molar-refractivity contribution is 5.89. The lowest BCUT2D eigenvalue weighted by molar-refractivity contribution is -0.394. The molecule has 0 radical (unpaired) electrons. The molecule has 1 N–H and O–H groups in total. The van der Waals surface area contributed by atoms with E-state index >= 15 is 0 Å². The van der Waals surface area contributed by atoms with Crippen LogP contribution >= 0.6 is 0 Å². The third-order valence-corrected chi connectivity index (χ3v) is 2.86. The second-order valence-electron chi connectivity index (χ2n) is 4.57. The van der Waals surface area contributed by atoms with E-state index in [0.717, 1.165) is 26.4 Å². The van der Waals surface area contributed by atoms with Crippen LogP contribution in [0, 0.1) is 20.2 Å². The molecule has 0 aromatic heterocycles. The standard InChI is InChI=1S/C13H13N3O10/c1-24-11(17)6-10(12(18)25-2)26-13(19)14-7-3-8(15(20)21)5-9(4-7)16(22)23/h3-5,10H,6H2,1-2H3,(H,14,19). The van der Waals surface area contributed by atoms with Crippen molar-refractivity contribution in [1.29, 1.82) is 0 Å². The molecule has 0 saturated carbocycles. The summed E-state index contributed by atoms with van der Waals surface area (Å²) in [5, 5.41) is 23.6. The van der Waals surface area contributed by atoms with Gasteiger partial charge in [-0.3, -0.25) is 30.3 Å². The highest BCUT2D eigenvalue weighted by atomic mass is 16.6. The molecule has 0 aliphatic heterocycles. The molecule has 0 fully saturated rings. The first-order valence-corrected chi connectivity index (χ1v) is 6.74. The van der Waals surface area contributed by atoms with Crippen LogP contribution in [0.5, 0.6) is 0 Å². The molecule has 0 bridgehead atoms. The maximum absolute atomic E-state index is 11.8. The Morgan fingerprint density at radius 2 is 1.58 bits per heavy atom. The average Bonchev–Trinajstić information content (AvgIpc) is 2.59. The first-order valence-electron chi connectivity index (χ1n) is 6.74. The molecule has 0 spiro atoms. The van der Waals surface area contributed by atoms with Gasteiger partial charge in [-0.05, 0) is 0 Å². The van der Waals surface area contributed by atoms with E-state index in [9.17, 15) is 34.6 Å². The van der Waals surface area contributed by atoms with E-state index in [1.165, 1.54) is 0 Å². The van der Waals surface area contributed by atoms with Crippen LogP contribution < -0.4 is 5.32 Å². The van der Waals surface area contributed by atoms with Crippen LogP contribution in [0.15, 0.2) is 18.2 Å². The summed E-state index contributed by atoms with van der Waals surface area (Å²) in [5.41, 5.74) is -1.61. The fourth-order valence-corrected chi connectivity index (χ4v) is 1.69. The first kappa shape index (κ1) is 20.3. The number of methoxy groups -OCH3 is 2. The van der Waals surface area contributed by atoms with Gasteiger partial charge in [0.25, 0.3) is 11.4 Å². The Morgan fingerprint density at radius 1 is 1.04 bits per heavy atom. The Balaban J connectivity index is 2.97. The molecular formula is C13H13N3O10. The second kappa shape index (κ2) is 8.91. The number of nitro benzene ring substituents is 2. The maximum atomic E-state index is 11.8. The Hall–Kier alpha value is -3.77. The van der Waals surface area contributed by atoms with Crippen LogP contribution in [0.25, 0.3) is 0 Å². The Labute approximate surface area is 145 Å². The number of hydrogen-bond acceptors (Lipinski definition) is 10. The number of nitrogens with one attached hydrogen (secondary N) is 1. The normalized spacial score (nSPS) is 11.0. The fourth-order valence-electron chi connectivity index (χ4n) is 1.69. The van der Waals surface area contributed by atoms with Crippen molar-refractivity contribution in [2.75, 3.05) is 19.5 Å². The van der Waals surface area contributed by atoms with Crippen LogP contribution in [0.2, 0.25) is 0 Å². The molecule has 1 unspecified atom stereocenters. The van der Waals surface area contributed by atoms with Gasteiger partial charge in [0, 0.05) is 12.1 Å². The minimum atomic E-state index is -1.64. The summed E-state index contributed by atoms with van der Waals surface area (Å²) in [6.07, 6.45) is -3.56. The van der Waals surface area contributed by atoms with E-state index in [4.69, 9.17) is 4.74 Å². The van der Waals surface area contributed by atoms with Crippen LogP contribution in [-0.4, -0.2) is 48.2 Å². The molecule has 26 heavy (non-hydrogen) atoms. The van der Waals surface area contributed by atoms with Crippen LogP contribution in [0.3, 0.4) is 0 Å². The summed E-state index contributed by atoms with van der Waals surface area (Å²) in [7, 11) is 2.05. The first-order chi connectivity index (χ1) is 12.2. The summed E-state index contributed by atoms with van der Waals surface area (Å²) in [5.74, 6) is -1.91. The van der Waals surface area contributed by atoms with Crippen molar-refractivity contribution in [2.45, 2.75) is 12.5 Å². The molecule has 13 heteroatoms. The zero-order valence-corrected chi connectivity index (χ0v) is 13.5. The van der Waals surface area contributed by atoms with Crippen molar-refractivity contribution in [3.8, 4) is 0 Å². The molecule has 0 aliphatic carbocycles. The van der Waals surface area contributed by atoms with Crippen LogP contribution in [0.1, 0.15) is 6.42 Å². The number of anilines is 1. The van der Waals surface area contributed by atoms with E-state index in [0.29, 0.717) is 6.07 Å². The smallest absolute Gasteiger partial charge is 0.412 e. The van der Waals surface area contributed by atoms with Gasteiger partial charge in [-0.15, -0.1) is 0 Å². The Kier molecular flexibility index (Phi) is 6.95. The van der Waals surface area contributed by atoms with E-state index < -0.39 is 51.8 Å². The van der Waals surface area contributed by atoms with Gasteiger partial charge in [0.1, 0.15) is 0 Å². The average molecular weight is 371 g/mol. The van der Waals surface area contributed by atoms with E-state index in [1.807, 2.05) is 5.32 Å². The van der Waals surface area contributed by atoms with Crippen molar-refractivity contribution >= 4 is 35.1 Å². The minimum Gasteiger partial charge on any atom is -0.469 e. The van der Waals surface area contributed by atoms with Crippen molar-refractivity contribution in [2.24, 2.45) is 0 Å². The lowest BCUT2D eigenvalue weighted by Gasteiger charge is -2.15. The molecular weight excluding hydrogens is 358 g/mol. The van der Waals surface area contributed by atoms with E-state index in [2.05, 4.69) is 9.47 Å². The molecule has 1 rings (SSSR count). The second-order valence-corrected chi connectivity index (χ2v) is 4.57. The molecule has 1 atom stereocenters. The lowest BCUT2D eigenvalue weighted by Crippen LogP contribution is -2.33. The number of carbonyl (C=O) groups is 3. The third kappa shape index (κ3) is 5.70. The van der Waals surface area contributed by atoms with Gasteiger partial charge >= 0.3 is 18.0 Å². The van der Waals surface area contributed by atoms with Crippen molar-refractivity contribution in [1.82, 2.24) is 0 Å². The summed E-state index contributed by atoms with van der Waals surface area (Å²) in [6.45, 7) is 0. The molecule has 1 amide bonds. The molecule has 0 heterocycles. The SMILES string of the molecule is COC(=O)CC(OC(=O)Nc1cc([N+](=O)[O-])cc([N+](=O)[O-])c1)C(=O)OC. The number of ether oxygens (including phenoxy) is 3. The number of esters is 2. The largest absolute Gasteiger partial charge is 0.469 e. The molecule has 0 aliphatic rings. The van der Waals surface area contributed by atoms with Gasteiger partial charge in [0.05, 0.1) is 42.2 Å². The number of carbonyl (C=O) groups excluding carboxylic acids is 3. The Bertz CT molecular complexity index is 715. The number of nitro groups is 2. The van der Waals surface area contributed by atoms with Crippen molar-refractivity contribution in [3.63, 3.8) is 0 Å². The number of amides is 1. The summed E-state index contributed by atoms with van der Waals surface area (Å²) in [4.78, 5) is 54.4. The Morgan fingerprint density at radius 3 is 2.00 bits per heavy atom. The predicted octanol–water partition coefficient (Wildman–Crippen LogP) is 1.16. The number of non-ortho nitro benzene ring substituents is 2. The highest BCUT2D eigenvalue weighted by Crippen LogP contribution is 2.26.